The van der Waals surface area contributed by atoms with Gasteiger partial charge in [0.15, 0.2) is 10.6 Å². The monoisotopic (exact) mass is 456 g/mol. The lowest BCUT2D eigenvalue weighted by Crippen LogP contribution is -2.33. The molecule has 0 spiro atoms. The summed E-state index contributed by atoms with van der Waals surface area (Å²) in [5.74, 6) is 0.149. The Bertz CT molecular complexity index is 1260. The molecular formula is C21H21FN6OS2. The van der Waals surface area contributed by atoms with Crippen molar-refractivity contribution < 1.29 is 9.18 Å². The highest BCUT2D eigenvalue weighted by Crippen LogP contribution is 2.26. The fraction of sp³-hybridized carbons (Fsp3) is 0.238. The number of carbonyl (C=O) groups excluding carboxylic acids is 1. The third-order valence-corrected chi connectivity index (χ3v) is 6.31. The zero-order chi connectivity index (χ0) is 22.1. The molecule has 0 aliphatic rings. The van der Waals surface area contributed by atoms with Crippen molar-refractivity contribution in [3.05, 3.63) is 69.8 Å². The lowest BCUT2D eigenvalue weighted by atomic mass is 10.1. The average molecular weight is 457 g/mol. The number of aromatic nitrogens is 5. The summed E-state index contributed by atoms with van der Waals surface area (Å²) in [6, 6.07) is 9.14. The molecule has 0 saturated heterocycles. The van der Waals surface area contributed by atoms with Crippen molar-refractivity contribution in [2.24, 2.45) is 0 Å². The van der Waals surface area contributed by atoms with E-state index in [1.807, 2.05) is 31.4 Å². The summed E-state index contributed by atoms with van der Waals surface area (Å²) in [6.45, 7) is 5.61. The van der Waals surface area contributed by atoms with Gasteiger partial charge >= 0.3 is 0 Å². The van der Waals surface area contributed by atoms with E-state index in [1.54, 1.807) is 34.5 Å². The van der Waals surface area contributed by atoms with Crippen molar-refractivity contribution in [2.45, 2.75) is 32.9 Å². The van der Waals surface area contributed by atoms with E-state index in [2.05, 4.69) is 20.6 Å². The van der Waals surface area contributed by atoms with Gasteiger partial charge in [-0.3, -0.25) is 14.5 Å². The highest BCUT2D eigenvalue weighted by atomic mass is 32.1. The van der Waals surface area contributed by atoms with E-state index in [1.165, 1.54) is 23.5 Å². The maximum Gasteiger partial charge on any atom is 0.243 e. The lowest BCUT2D eigenvalue weighted by Gasteiger charge is -2.19. The molecule has 3 aromatic heterocycles. The molecule has 7 nitrogen and oxygen atoms in total. The zero-order valence-electron chi connectivity index (χ0n) is 17.2. The van der Waals surface area contributed by atoms with Crippen molar-refractivity contribution >= 4 is 29.5 Å². The van der Waals surface area contributed by atoms with Crippen molar-refractivity contribution in [3.8, 4) is 16.4 Å². The lowest BCUT2D eigenvalue weighted by molar-refractivity contribution is -0.124. The third-order valence-electron chi connectivity index (χ3n) is 5.16. The molecular weight excluding hydrogens is 435 g/mol. The highest BCUT2D eigenvalue weighted by molar-refractivity contribution is 7.71. The molecule has 0 fully saturated rings. The molecule has 4 rings (SSSR count). The van der Waals surface area contributed by atoms with Crippen molar-refractivity contribution in [1.29, 1.82) is 0 Å². The van der Waals surface area contributed by atoms with Crippen LogP contribution in [0.2, 0.25) is 0 Å². The topological polar surface area (TPSA) is 80.5 Å². The second-order valence-corrected chi connectivity index (χ2v) is 8.51. The number of rotatable bonds is 6. The molecule has 0 aliphatic carbocycles. The molecule has 0 aliphatic heterocycles. The number of thiophene rings is 1. The molecule has 0 radical (unpaired) electrons. The van der Waals surface area contributed by atoms with Gasteiger partial charge in [0.2, 0.25) is 5.91 Å². The molecule has 3 heterocycles. The van der Waals surface area contributed by atoms with Crippen molar-refractivity contribution in [2.75, 3.05) is 0 Å². The summed E-state index contributed by atoms with van der Waals surface area (Å²) in [7, 11) is 0. The van der Waals surface area contributed by atoms with Gasteiger partial charge in [-0.25, -0.2) is 9.07 Å². The Balaban J connectivity index is 1.54. The minimum Gasteiger partial charge on any atom is -0.348 e. The van der Waals surface area contributed by atoms with E-state index >= 15 is 0 Å². The van der Waals surface area contributed by atoms with E-state index in [4.69, 9.17) is 12.2 Å². The van der Waals surface area contributed by atoms with Gasteiger partial charge in [0.25, 0.3) is 0 Å². The molecule has 4 aromatic rings. The van der Waals surface area contributed by atoms with Crippen molar-refractivity contribution in [3.63, 3.8) is 0 Å². The number of carbonyl (C=O) groups is 1. The Morgan fingerprint density at radius 2 is 2.00 bits per heavy atom. The maximum absolute atomic E-state index is 13.2. The van der Waals surface area contributed by atoms with Gasteiger partial charge in [-0.15, -0.1) is 11.3 Å². The molecule has 2 atom stereocenters. The predicted molar refractivity (Wildman–Crippen MR) is 120 cm³/mol. The number of nitrogens with one attached hydrogen (secondary N) is 2. The number of amides is 1. The van der Waals surface area contributed by atoms with E-state index in [9.17, 15) is 9.18 Å². The molecule has 0 bridgehead atoms. The molecule has 1 amide bonds. The van der Waals surface area contributed by atoms with Crippen molar-refractivity contribution in [1.82, 2.24) is 29.9 Å². The summed E-state index contributed by atoms with van der Waals surface area (Å²) in [5.41, 5.74) is 2.49. The molecule has 0 saturated carbocycles. The van der Waals surface area contributed by atoms with E-state index in [-0.39, 0.29) is 17.8 Å². The van der Waals surface area contributed by atoms with Gasteiger partial charge in [-0.05, 0) is 68.7 Å². The van der Waals surface area contributed by atoms with Gasteiger partial charge in [-0.1, -0.05) is 6.07 Å². The standard InChI is InChI=1S/C21H21FN6OS2/c1-12(17-11-23-28(13(17)2)16-8-6-15(22)7-9-16)24-20(29)14(3)27-19(25-26-21(27)30)18-5-4-10-31-18/h4-12,14H,1-3H3,(H,24,29)(H,26,30). The van der Waals surface area contributed by atoms with Gasteiger partial charge < -0.3 is 5.32 Å². The van der Waals surface area contributed by atoms with Crippen LogP contribution in [0.3, 0.4) is 0 Å². The summed E-state index contributed by atoms with van der Waals surface area (Å²) in [4.78, 5) is 14.0. The van der Waals surface area contributed by atoms with Crippen LogP contribution in [0.4, 0.5) is 4.39 Å². The van der Waals surface area contributed by atoms with Crippen LogP contribution in [0.25, 0.3) is 16.4 Å². The number of aromatic amines is 1. The molecule has 2 unspecified atom stereocenters. The first-order valence-electron chi connectivity index (χ1n) is 9.68. The number of H-pyrrole nitrogens is 1. The van der Waals surface area contributed by atoms with E-state index in [0.717, 1.165) is 21.8 Å². The number of benzene rings is 1. The van der Waals surface area contributed by atoms with Crippen LogP contribution in [0, 0.1) is 17.5 Å². The van der Waals surface area contributed by atoms with Gasteiger partial charge in [0, 0.05) is 11.3 Å². The van der Waals surface area contributed by atoms with Gasteiger partial charge in [0.1, 0.15) is 11.9 Å². The Labute approximate surface area is 187 Å². The minimum atomic E-state index is -0.557. The Hall–Kier alpha value is -3.11. The summed E-state index contributed by atoms with van der Waals surface area (Å²) >= 11 is 6.90. The first-order valence-corrected chi connectivity index (χ1v) is 11.0. The molecule has 160 valence electrons. The van der Waals surface area contributed by atoms with Crippen LogP contribution in [-0.4, -0.2) is 30.5 Å². The average Bonchev–Trinajstić information content (AvgIpc) is 3.48. The van der Waals surface area contributed by atoms with Gasteiger partial charge in [-0.2, -0.15) is 10.2 Å². The highest BCUT2D eigenvalue weighted by Gasteiger charge is 2.24. The smallest absolute Gasteiger partial charge is 0.243 e. The fourth-order valence-electron chi connectivity index (χ4n) is 3.46. The van der Waals surface area contributed by atoms with Crippen LogP contribution in [-0.2, 0) is 4.79 Å². The number of hydrogen-bond donors (Lipinski definition) is 2. The summed E-state index contributed by atoms with van der Waals surface area (Å²) in [6.07, 6.45) is 1.72. The molecule has 1 aromatic carbocycles. The van der Waals surface area contributed by atoms with Crippen LogP contribution in [0.1, 0.15) is 37.2 Å². The maximum atomic E-state index is 13.2. The summed E-state index contributed by atoms with van der Waals surface area (Å²) in [5, 5.41) is 16.5. The predicted octanol–water partition coefficient (Wildman–Crippen LogP) is 4.74. The van der Waals surface area contributed by atoms with E-state index in [0.29, 0.717) is 10.6 Å². The molecule has 2 N–H and O–H groups in total. The minimum absolute atomic E-state index is 0.184. The van der Waals surface area contributed by atoms with E-state index < -0.39 is 6.04 Å². The number of nitrogens with zero attached hydrogens (tertiary/aromatic N) is 4. The summed E-state index contributed by atoms with van der Waals surface area (Å²) < 4.78 is 17.1. The molecule has 10 heteroatoms. The largest absolute Gasteiger partial charge is 0.348 e. The number of halogens is 1. The first kappa shape index (κ1) is 21.1. The quantitative estimate of drug-likeness (QED) is 0.411. The third kappa shape index (κ3) is 4.08. The van der Waals surface area contributed by atoms with Crippen LogP contribution in [0.5, 0.6) is 0 Å². The number of hydrogen-bond acceptors (Lipinski definition) is 5. The second-order valence-electron chi connectivity index (χ2n) is 7.18. The Morgan fingerprint density at radius 3 is 2.68 bits per heavy atom. The SMILES string of the molecule is Cc1c(C(C)NC(=O)C(C)n2c(-c3cccs3)n[nH]c2=S)cnn1-c1ccc(F)cc1. The zero-order valence-corrected chi connectivity index (χ0v) is 18.8. The Kier molecular flexibility index (Phi) is 5.84. The van der Waals surface area contributed by atoms with Crippen LogP contribution in [0.15, 0.2) is 48.0 Å². The normalized spacial score (nSPS) is 13.2. The Morgan fingerprint density at radius 1 is 1.26 bits per heavy atom. The van der Waals surface area contributed by atoms with Gasteiger partial charge in [0.05, 0.1) is 22.8 Å². The second kappa shape index (κ2) is 8.56. The van der Waals surface area contributed by atoms with Crippen LogP contribution < -0.4 is 5.32 Å². The fourth-order valence-corrected chi connectivity index (χ4v) is 4.46. The molecule has 31 heavy (non-hydrogen) atoms. The van der Waals surface area contributed by atoms with Crippen LogP contribution >= 0.6 is 23.6 Å². The first-order chi connectivity index (χ1) is 14.9.